The first-order valence-electron chi connectivity index (χ1n) is 22.9. The summed E-state index contributed by atoms with van der Waals surface area (Å²) in [6.07, 6.45) is 32.2. The van der Waals surface area contributed by atoms with Crippen molar-refractivity contribution in [1.82, 2.24) is 0 Å². The summed E-state index contributed by atoms with van der Waals surface area (Å²) in [5, 5.41) is 0. The topological polar surface area (TPSA) is 34.1 Å². The molecule has 0 spiro atoms. The van der Waals surface area contributed by atoms with Gasteiger partial charge in [0.25, 0.3) is 0 Å². The maximum absolute atomic E-state index is 16.0. The van der Waals surface area contributed by atoms with Gasteiger partial charge in [-0.25, -0.2) is 0 Å². The Kier molecular flexibility index (Phi) is 24.6. The van der Waals surface area contributed by atoms with Gasteiger partial charge in [-0.2, -0.15) is 0 Å². The maximum atomic E-state index is 16.0. The Morgan fingerprint density at radius 2 is 0.827 bits per heavy atom. The lowest BCUT2D eigenvalue weighted by atomic mass is 9.77. The van der Waals surface area contributed by atoms with Crippen LogP contribution in [-0.4, -0.2) is 29.5 Å². The lowest BCUT2D eigenvalue weighted by Gasteiger charge is -2.47. The van der Waals surface area contributed by atoms with Crippen LogP contribution in [0.5, 0.6) is 0 Å². The Labute approximate surface area is 327 Å². The van der Waals surface area contributed by atoms with Gasteiger partial charge in [0.05, 0.1) is 4.90 Å². The van der Waals surface area contributed by atoms with Crippen molar-refractivity contribution in [2.45, 2.75) is 246 Å². The summed E-state index contributed by atoms with van der Waals surface area (Å²) in [6.45, 7) is 25.1. The quantitative estimate of drug-likeness (QED) is 0.0558. The van der Waals surface area contributed by atoms with E-state index in [0.29, 0.717) is 12.3 Å². The average Bonchev–Trinajstić information content (AvgIpc) is 3.10. The fraction of sp³-hybridized carbons (Fsp3) is 0.875. The maximum Gasteiger partial charge on any atom is 0.101 e. The van der Waals surface area contributed by atoms with Gasteiger partial charge in [-0.15, -0.1) is 0 Å². The molecule has 0 aliphatic carbocycles. The highest BCUT2D eigenvalue weighted by molar-refractivity contribution is 7.83. The van der Waals surface area contributed by atoms with E-state index in [-0.39, 0.29) is 10.8 Å². The molecule has 0 saturated heterocycles. The van der Waals surface area contributed by atoms with Crippen molar-refractivity contribution in [3.63, 3.8) is 0 Å². The van der Waals surface area contributed by atoms with Crippen molar-refractivity contribution in [3.05, 3.63) is 34.9 Å². The molecular formula is C48H92O2P2. The number of unbranched alkanes of at least 4 members (excludes halogenated alkanes) is 19. The highest BCUT2D eigenvalue weighted by atomic mass is 31.2. The number of hydrogen-bond donors (Lipinski definition) is 0. The van der Waals surface area contributed by atoms with Crippen molar-refractivity contribution < 1.29 is 9.13 Å². The molecule has 1 aromatic rings. The SMILES string of the molecule is CCCCCCCCCCCCCCCCC(Cc1ccc(C(C)(C)C)cc1C(C)(C)C)(P(=O)(CC)CCCCCC)P(=O)(CC)CCCCCC. The molecule has 0 aliphatic heterocycles. The Morgan fingerprint density at radius 3 is 1.17 bits per heavy atom. The minimum atomic E-state index is -2.81. The molecule has 306 valence electrons. The van der Waals surface area contributed by atoms with Gasteiger partial charge in [0.2, 0.25) is 0 Å². The minimum Gasteiger partial charge on any atom is -0.322 e. The molecule has 52 heavy (non-hydrogen) atoms. The van der Waals surface area contributed by atoms with E-state index in [1.165, 1.54) is 126 Å². The molecule has 2 nitrogen and oxygen atoms in total. The van der Waals surface area contributed by atoms with Gasteiger partial charge in [0.1, 0.15) is 14.3 Å². The van der Waals surface area contributed by atoms with Gasteiger partial charge in [0.15, 0.2) is 0 Å². The van der Waals surface area contributed by atoms with Gasteiger partial charge in [-0.05, 0) is 65.5 Å². The second kappa shape index (κ2) is 25.8. The van der Waals surface area contributed by atoms with E-state index < -0.39 is 19.2 Å². The Bertz CT molecular complexity index is 1120. The lowest BCUT2D eigenvalue weighted by molar-refractivity contribution is 0.484. The van der Waals surface area contributed by atoms with Crippen molar-refractivity contribution in [3.8, 4) is 0 Å². The number of hydrogen-bond acceptors (Lipinski definition) is 2. The minimum absolute atomic E-state index is 0.0496. The van der Waals surface area contributed by atoms with Crippen LogP contribution in [0.2, 0.25) is 0 Å². The van der Waals surface area contributed by atoms with Crippen LogP contribution < -0.4 is 0 Å². The van der Waals surface area contributed by atoms with E-state index in [1.807, 2.05) is 0 Å². The van der Waals surface area contributed by atoms with E-state index >= 15 is 9.13 Å². The van der Waals surface area contributed by atoms with Crippen LogP contribution in [0, 0.1) is 0 Å². The number of benzene rings is 1. The first-order valence-corrected chi connectivity index (χ1v) is 27.1. The molecule has 0 heterocycles. The van der Waals surface area contributed by atoms with Crippen LogP contribution >= 0.6 is 14.3 Å². The first kappa shape index (κ1) is 49.7. The third-order valence-electron chi connectivity index (χ3n) is 12.5. The van der Waals surface area contributed by atoms with E-state index in [2.05, 4.69) is 94.4 Å². The molecule has 1 aromatic carbocycles. The zero-order valence-corrected chi connectivity index (χ0v) is 39.0. The van der Waals surface area contributed by atoms with Crippen LogP contribution in [0.1, 0.15) is 241 Å². The fourth-order valence-electron chi connectivity index (χ4n) is 8.83. The Balaban J connectivity index is 3.48. The van der Waals surface area contributed by atoms with E-state index in [1.54, 1.807) is 0 Å². The zero-order valence-electron chi connectivity index (χ0n) is 37.2. The van der Waals surface area contributed by atoms with Crippen molar-refractivity contribution in [2.75, 3.05) is 24.6 Å². The second-order valence-corrected chi connectivity index (χ2v) is 26.6. The first-order chi connectivity index (χ1) is 24.6. The van der Waals surface area contributed by atoms with Crippen LogP contribution in [0.15, 0.2) is 18.2 Å². The molecular weight excluding hydrogens is 670 g/mol. The summed E-state index contributed by atoms with van der Waals surface area (Å²) < 4.78 is 32.1. The Hall–Kier alpha value is -0.320. The van der Waals surface area contributed by atoms with Gasteiger partial charge in [0, 0.05) is 12.3 Å². The molecule has 4 heteroatoms. The molecule has 0 bridgehead atoms. The third kappa shape index (κ3) is 16.4. The monoisotopic (exact) mass is 763 g/mol. The highest BCUT2D eigenvalue weighted by Gasteiger charge is 2.56. The predicted molar refractivity (Wildman–Crippen MR) is 240 cm³/mol. The van der Waals surface area contributed by atoms with Crippen molar-refractivity contribution >= 4 is 14.3 Å². The summed E-state index contributed by atoms with van der Waals surface area (Å²) in [7, 11) is -5.61. The Morgan fingerprint density at radius 1 is 0.462 bits per heavy atom. The molecule has 0 amide bonds. The third-order valence-corrected chi connectivity index (χ3v) is 22.6. The largest absolute Gasteiger partial charge is 0.322 e. The highest BCUT2D eigenvalue weighted by Crippen LogP contribution is 2.79. The van der Waals surface area contributed by atoms with Gasteiger partial charge >= 0.3 is 0 Å². The fourth-order valence-corrected chi connectivity index (χ4v) is 19.1. The summed E-state index contributed by atoms with van der Waals surface area (Å²) in [5.74, 6) is 0. The lowest BCUT2D eigenvalue weighted by Crippen LogP contribution is -2.37. The molecule has 2 atom stereocenters. The average molecular weight is 763 g/mol. The molecule has 0 aliphatic rings. The van der Waals surface area contributed by atoms with E-state index in [0.717, 1.165) is 57.3 Å². The molecule has 0 N–H and O–H groups in total. The second-order valence-electron chi connectivity index (χ2n) is 18.9. The molecule has 0 saturated carbocycles. The summed E-state index contributed by atoms with van der Waals surface area (Å²) in [4.78, 5) is -0.609. The predicted octanol–water partition coefficient (Wildman–Crippen LogP) is 17.3. The standard InChI is InChI=1S/C48H92O2P2/c1-12-17-20-23-24-25-26-27-28-29-30-31-32-33-38-48(51(49,15-4)39-34-21-18-13-2,52(50,16-5)40-35-22-19-14-3)42-43-36-37-44(46(6,7)8)41-45(43)47(9,10)11/h36-37,41H,12-35,38-40,42H2,1-11H3. The molecule has 2 unspecified atom stereocenters. The van der Waals surface area contributed by atoms with E-state index in [4.69, 9.17) is 0 Å². The van der Waals surface area contributed by atoms with Crippen LogP contribution in [-0.2, 0) is 26.4 Å². The summed E-state index contributed by atoms with van der Waals surface area (Å²) in [6, 6.07) is 7.15. The zero-order chi connectivity index (χ0) is 39.2. The molecule has 1 rings (SSSR count). The molecule has 0 fully saturated rings. The molecule has 0 radical (unpaired) electrons. The normalized spacial score (nSPS) is 16.1. The van der Waals surface area contributed by atoms with Crippen LogP contribution in [0.3, 0.4) is 0 Å². The summed E-state index contributed by atoms with van der Waals surface area (Å²) in [5.41, 5.74) is 4.05. The van der Waals surface area contributed by atoms with Gasteiger partial charge in [-0.1, -0.05) is 223 Å². The van der Waals surface area contributed by atoms with Crippen LogP contribution in [0.25, 0.3) is 0 Å². The van der Waals surface area contributed by atoms with E-state index in [9.17, 15) is 0 Å². The van der Waals surface area contributed by atoms with Crippen molar-refractivity contribution in [2.24, 2.45) is 0 Å². The van der Waals surface area contributed by atoms with Gasteiger partial charge < -0.3 is 9.13 Å². The van der Waals surface area contributed by atoms with Crippen LogP contribution in [0.4, 0.5) is 0 Å². The number of rotatable bonds is 31. The summed E-state index contributed by atoms with van der Waals surface area (Å²) >= 11 is 0. The molecule has 0 aromatic heterocycles. The van der Waals surface area contributed by atoms with Gasteiger partial charge in [-0.3, -0.25) is 0 Å². The van der Waals surface area contributed by atoms with Crippen molar-refractivity contribution in [1.29, 1.82) is 0 Å². The smallest absolute Gasteiger partial charge is 0.101 e.